The van der Waals surface area contributed by atoms with Crippen molar-refractivity contribution in [2.45, 2.75) is 72.3 Å². The number of hydrogen-bond acceptors (Lipinski definition) is 2. The van der Waals surface area contributed by atoms with E-state index in [1.807, 2.05) is 13.8 Å². The molecule has 0 aromatic heterocycles. The Morgan fingerprint density at radius 1 is 1.20 bits per heavy atom. The van der Waals surface area contributed by atoms with Crippen LogP contribution in [0.25, 0.3) is 0 Å². The number of aliphatic carboxylic acids is 1. The number of amides is 1. The molecule has 0 aromatic rings. The Labute approximate surface area is 122 Å². The van der Waals surface area contributed by atoms with Crippen molar-refractivity contribution in [2.75, 3.05) is 0 Å². The molecule has 0 saturated heterocycles. The van der Waals surface area contributed by atoms with Crippen LogP contribution in [0.2, 0.25) is 0 Å². The van der Waals surface area contributed by atoms with E-state index in [0.717, 1.165) is 38.5 Å². The molecule has 2 N–H and O–H groups in total. The van der Waals surface area contributed by atoms with E-state index in [0.29, 0.717) is 5.92 Å². The standard InChI is InChI=1S/C16H29NO3/c1-5-12(4)13(14(18)19)17-15(20)16(10-11(2)3)8-6-7-9-16/h11-13H,5-10H2,1-4H3,(H,17,20)(H,18,19)/t12?,13-/m0/s1. The predicted molar refractivity (Wildman–Crippen MR) is 79.4 cm³/mol. The van der Waals surface area contributed by atoms with Crippen molar-refractivity contribution in [3.8, 4) is 0 Å². The van der Waals surface area contributed by atoms with Gasteiger partial charge >= 0.3 is 5.97 Å². The normalized spacial score (nSPS) is 20.6. The van der Waals surface area contributed by atoms with Gasteiger partial charge in [-0.3, -0.25) is 4.79 Å². The van der Waals surface area contributed by atoms with Crippen LogP contribution < -0.4 is 5.32 Å². The Bertz CT molecular complexity index is 346. The third-order valence-corrected chi connectivity index (χ3v) is 4.61. The van der Waals surface area contributed by atoms with Crippen LogP contribution in [-0.4, -0.2) is 23.0 Å². The van der Waals surface area contributed by atoms with Crippen LogP contribution in [0, 0.1) is 17.3 Å². The fourth-order valence-corrected chi connectivity index (χ4v) is 3.33. The first kappa shape index (κ1) is 17.0. The largest absolute Gasteiger partial charge is 0.480 e. The molecule has 1 aliphatic carbocycles. The third-order valence-electron chi connectivity index (χ3n) is 4.61. The molecule has 2 atom stereocenters. The summed E-state index contributed by atoms with van der Waals surface area (Å²) in [4.78, 5) is 24.0. The fraction of sp³-hybridized carbons (Fsp3) is 0.875. The van der Waals surface area contributed by atoms with Crippen LogP contribution in [0.15, 0.2) is 0 Å². The monoisotopic (exact) mass is 283 g/mol. The molecule has 0 aromatic carbocycles. The zero-order valence-corrected chi connectivity index (χ0v) is 13.2. The molecule has 0 spiro atoms. The van der Waals surface area contributed by atoms with Gasteiger partial charge in [0.05, 0.1) is 0 Å². The van der Waals surface area contributed by atoms with Crippen molar-refractivity contribution in [3.05, 3.63) is 0 Å². The first-order valence-corrected chi connectivity index (χ1v) is 7.86. The zero-order valence-electron chi connectivity index (χ0n) is 13.2. The van der Waals surface area contributed by atoms with E-state index in [1.54, 1.807) is 0 Å². The number of carbonyl (C=O) groups excluding carboxylic acids is 1. The molecule has 4 nitrogen and oxygen atoms in total. The molecule has 20 heavy (non-hydrogen) atoms. The molecule has 116 valence electrons. The molecule has 4 heteroatoms. The van der Waals surface area contributed by atoms with Gasteiger partial charge in [-0.2, -0.15) is 0 Å². The second kappa shape index (κ2) is 7.09. The van der Waals surface area contributed by atoms with Crippen LogP contribution in [0.4, 0.5) is 0 Å². The van der Waals surface area contributed by atoms with Crippen LogP contribution >= 0.6 is 0 Å². The molecule has 1 fully saturated rings. The van der Waals surface area contributed by atoms with E-state index < -0.39 is 12.0 Å². The maximum absolute atomic E-state index is 12.7. The van der Waals surface area contributed by atoms with E-state index >= 15 is 0 Å². The van der Waals surface area contributed by atoms with E-state index in [4.69, 9.17) is 0 Å². The lowest BCUT2D eigenvalue weighted by molar-refractivity contribution is -0.145. The zero-order chi connectivity index (χ0) is 15.3. The summed E-state index contributed by atoms with van der Waals surface area (Å²) in [5, 5.41) is 12.1. The van der Waals surface area contributed by atoms with Gasteiger partial charge in [0, 0.05) is 5.41 Å². The van der Waals surface area contributed by atoms with E-state index in [-0.39, 0.29) is 17.2 Å². The van der Waals surface area contributed by atoms with Crippen molar-refractivity contribution in [2.24, 2.45) is 17.3 Å². The predicted octanol–water partition coefficient (Wildman–Crippen LogP) is 3.21. The highest BCUT2D eigenvalue weighted by atomic mass is 16.4. The molecule has 1 aliphatic rings. The number of hydrogen-bond donors (Lipinski definition) is 2. The molecule has 1 saturated carbocycles. The Morgan fingerprint density at radius 2 is 1.75 bits per heavy atom. The van der Waals surface area contributed by atoms with Crippen LogP contribution in [-0.2, 0) is 9.59 Å². The minimum absolute atomic E-state index is 0.0450. The number of carboxylic acids is 1. The molecule has 0 aliphatic heterocycles. The van der Waals surface area contributed by atoms with E-state index in [9.17, 15) is 14.7 Å². The van der Waals surface area contributed by atoms with Crippen molar-refractivity contribution in [3.63, 3.8) is 0 Å². The van der Waals surface area contributed by atoms with Gasteiger partial charge in [-0.1, -0.05) is 47.0 Å². The first-order valence-electron chi connectivity index (χ1n) is 7.86. The molecule has 1 unspecified atom stereocenters. The summed E-state index contributed by atoms with van der Waals surface area (Å²) >= 11 is 0. The first-order chi connectivity index (χ1) is 9.32. The highest BCUT2D eigenvalue weighted by Crippen LogP contribution is 2.43. The van der Waals surface area contributed by atoms with Gasteiger partial charge < -0.3 is 10.4 Å². The number of nitrogens with one attached hydrogen (secondary N) is 1. The minimum Gasteiger partial charge on any atom is -0.480 e. The Kier molecular flexibility index (Phi) is 6.03. The molecule has 0 bridgehead atoms. The summed E-state index contributed by atoms with van der Waals surface area (Å²) in [6, 6.07) is -0.767. The van der Waals surface area contributed by atoms with Crippen LogP contribution in [0.5, 0.6) is 0 Å². The lowest BCUT2D eigenvalue weighted by Crippen LogP contribution is -2.50. The summed E-state index contributed by atoms with van der Waals surface area (Å²) in [5.41, 5.74) is -0.338. The lowest BCUT2D eigenvalue weighted by atomic mass is 9.77. The molecular formula is C16H29NO3. The van der Waals surface area contributed by atoms with Crippen molar-refractivity contribution in [1.82, 2.24) is 5.32 Å². The Balaban J connectivity index is 2.82. The van der Waals surface area contributed by atoms with Gasteiger partial charge in [0.25, 0.3) is 0 Å². The quantitative estimate of drug-likeness (QED) is 0.754. The molecule has 1 amide bonds. The number of rotatable bonds is 7. The second-order valence-corrected chi connectivity index (χ2v) is 6.76. The summed E-state index contributed by atoms with van der Waals surface area (Å²) < 4.78 is 0. The van der Waals surface area contributed by atoms with Gasteiger partial charge in [-0.25, -0.2) is 4.79 Å². The number of carboxylic acid groups (broad SMARTS) is 1. The van der Waals surface area contributed by atoms with E-state index in [1.165, 1.54) is 0 Å². The molecular weight excluding hydrogens is 254 g/mol. The van der Waals surface area contributed by atoms with Gasteiger partial charge in [0.15, 0.2) is 0 Å². The van der Waals surface area contributed by atoms with Gasteiger partial charge in [0.2, 0.25) is 5.91 Å². The van der Waals surface area contributed by atoms with Crippen LogP contribution in [0.1, 0.15) is 66.2 Å². The van der Waals surface area contributed by atoms with E-state index in [2.05, 4.69) is 19.2 Å². The Morgan fingerprint density at radius 3 is 2.15 bits per heavy atom. The fourth-order valence-electron chi connectivity index (χ4n) is 3.33. The van der Waals surface area contributed by atoms with Gasteiger partial charge in [0.1, 0.15) is 6.04 Å². The highest BCUT2D eigenvalue weighted by molar-refractivity contribution is 5.87. The maximum atomic E-state index is 12.7. The summed E-state index contributed by atoms with van der Waals surface area (Å²) in [7, 11) is 0. The van der Waals surface area contributed by atoms with Crippen LogP contribution in [0.3, 0.4) is 0 Å². The topological polar surface area (TPSA) is 66.4 Å². The highest BCUT2D eigenvalue weighted by Gasteiger charge is 2.43. The molecule has 0 radical (unpaired) electrons. The summed E-state index contributed by atoms with van der Waals surface area (Å²) in [6.45, 7) is 8.07. The van der Waals surface area contributed by atoms with Gasteiger partial charge in [-0.05, 0) is 31.1 Å². The SMILES string of the molecule is CCC(C)[C@H](NC(=O)C1(CC(C)C)CCCC1)C(=O)O. The second-order valence-electron chi connectivity index (χ2n) is 6.76. The van der Waals surface area contributed by atoms with Gasteiger partial charge in [-0.15, -0.1) is 0 Å². The van der Waals surface area contributed by atoms with Crippen molar-refractivity contribution >= 4 is 11.9 Å². The molecule has 0 heterocycles. The maximum Gasteiger partial charge on any atom is 0.326 e. The third kappa shape index (κ3) is 3.97. The average molecular weight is 283 g/mol. The minimum atomic E-state index is -0.926. The smallest absolute Gasteiger partial charge is 0.326 e. The van der Waals surface area contributed by atoms with Crippen molar-refractivity contribution in [1.29, 1.82) is 0 Å². The summed E-state index contributed by atoms with van der Waals surface area (Å²) in [6.07, 6.45) is 5.52. The molecule has 1 rings (SSSR count). The average Bonchev–Trinajstić information content (AvgIpc) is 2.83. The van der Waals surface area contributed by atoms with Crippen molar-refractivity contribution < 1.29 is 14.7 Å². The lowest BCUT2D eigenvalue weighted by Gasteiger charge is -2.32. The summed E-state index contributed by atoms with van der Waals surface area (Å²) in [5.74, 6) is -0.568. The number of carbonyl (C=O) groups is 2. The Hall–Kier alpha value is -1.06.